The predicted molar refractivity (Wildman–Crippen MR) is 78.6 cm³/mol. The van der Waals surface area contributed by atoms with E-state index >= 15 is 0 Å². The number of aromatic nitrogens is 3. The molecule has 0 saturated heterocycles. The Labute approximate surface area is 121 Å². The maximum atomic E-state index is 11.8. The predicted octanol–water partition coefficient (Wildman–Crippen LogP) is 1.78. The molecule has 1 amide bonds. The van der Waals surface area contributed by atoms with Crippen LogP contribution >= 0.6 is 11.5 Å². The lowest BCUT2D eigenvalue weighted by molar-refractivity contribution is -0.120. The van der Waals surface area contributed by atoms with Crippen LogP contribution in [0.3, 0.4) is 0 Å². The van der Waals surface area contributed by atoms with E-state index in [2.05, 4.69) is 25.0 Å². The first kappa shape index (κ1) is 14.4. The smallest absolute Gasteiger partial charge is 0.239 e. The Balaban J connectivity index is 1.80. The first-order valence-electron chi connectivity index (χ1n) is 6.45. The van der Waals surface area contributed by atoms with Gasteiger partial charge in [0.05, 0.1) is 18.3 Å². The molecule has 0 aromatic carbocycles. The molecular weight excluding hydrogens is 274 g/mol. The van der Waals surface area contributed by atoms with Crippen LogP contribution in [0.25, 0.3) is 0 Å². The first-order valence-corrected chi connectivity index (χ1v) is 7.23. The topological polar surface area (TPSA) is 79.8 Å². The molecule has 0 bridgehead atoms. The van der Waals surface area contributed by atoms with E-state index in [4.69, 9.17) is 0 Å². The number of aryl methyl sites for hydroxylation is 1. The fourth-order valence-corrected chi connectivity index (χ4v) is 2.27. The number of anilines is 1. The summed E-state index contributed by atoms with van der Waals surface area (Å²) in [6, 6.07) is 5.51. The van der Waals surface area contributed by atoms with Crippen LogP contribution in [0.1, 0.15) is 31.4 Å². The van der Waals surface area contributed by atoms with E-state index < -0.39 is 0 Å². The van der Waals surface area contributed by atoms with Gasteiger partial charge in [0, 0.05) is 24.2 Å². The number of hydrogen-bond donors (Lipinski definition) is 2. The van der Waals surface area contributed by atoms with Crippen LogP contribution in [0, 0.1) is 0 Å². The van der Waals surface area contributed by atoms with E-state index in [-0.39, 0.29) is 18.5 Å². The van der Waals surface area contributed by atoms with Gasteiger partial charge in [0.1, 0.15) is 5.82 Å². The standard InChI is InChI=1S/C13H17N5OS/c1-3-11-17-13(20-18-11)15-8-12(19)16-9(2)10-6-4-5-7-14-10/h4-7,9H,3,8H2,1-2H3,(H,16,19)(H,15,17,18). The van der Waals surface area contributed by atoms with Gasteiger partial charge < -0.3 is 10.6 Å². The minimum Gasteiger partial charge on any atom is -0.351 e. The lowest BCUT2D eigenvalue weighted by Crippen LogP contribution is -2.32. The van der Waals surface area contributed by atoms with Gasteiger partial charge in [0.15, 0.2) is 0 Å². The van der Waals surface area contributed by atoms with E-state index in [0.717, 1.165) is 17.9 Å². The van der Waals surface area contributed by atoms with Crippen molar-refractivity contribution >= 4 is 22.6 Å². The Morgan fingerprint density at radius 3 is 2.95 bits per heavy atom. The highest BCUT2D eigenvalue weighted by atomic mass is 32.1. The maximum absolute atomic E-state index is 11.8. The molecule has 2 aromatic heterocycles. The lowest BCUT2D eigenvalue weighted by Gasteiger charge is -2.13. The number of carbonyl (C=O) groups excluding carboxylic acids is 1. The second-order valence-corrected chi connectivity index (χ2v) is 5.02. The molecule has 7 heteroatoms. The summed E-state index contributed by atoms with van der Waals surface area (Å²) in [5, 5.41) is 6.52. The Kier molecular flexibility index (Phi) is 5.00. The fraction of sp³-hybridized carbons (Fsp3) is 0.385. The SMILES string of the molecule is CCc1nsc(NCC(=O)NC(C)c2ccccn2)n1. The van der Waals surface area contributed by atoms with Gasteiger partial charge in [-0.25, -0.2) is 4.98 Å². The van der Waals surface area contributed by atoms with Crippen molar-refractivity contribution in [3.63, 3.8) is 0 Å². The average molecular weight is 291 g/mol. The average Bonchev–Trinajstić information content (AvgIpc) is 2.94. The van der Waals surface area contributed by atoms with Gasteiger partial charge in [-0.05, 0) is 19.1 Å². The van der Waals surface area contributed by atoms with Crippen molar-refractivity contribution in [2.24, 2.45) is 0 Å². The zero-order chi connectivity index (χ0) is 14.4. The molecule has 2 heterocycles. The summed E-state index contributed by atoms with van der Waals surface area (Å²) in [6.07, 6.45) is 2.50. The highest BCUT2D eigenvalue weighted by molar-refractivity contribution is 7.09. The summed E-state index contributed by atoms with van der Waals surface area (Å²) in [5.74, 6) is 0.691. The fourth-order valence-electron chi connectivity index (χ4n) is 1.62. The summed E-state index contributed by atoms with van der Waals surface area (Å²) >= 11 is 1.27. The molecule has 0 spiro atoms. The number of nitrogens with one attached hydrogen (secondary N) is 2. The Hall–Kier alpha value is -2.02. The number of rotatable bonds is 6. The minimum atomic E-state index is -0.119. The van der Waals surface area contributed by atoms with Crippen molar-refractivity contribution in [1.82, 2.24) is 19.7 Å². The quantitative estimate of drug-likeness (QED) is 0.848. The summed E-state index contributed by atoms with van der Waals surface area (Å²) < 4.78 is 4.15. The van der Waals surface area contributed by atoms with Crippen molar-refractivity contribution in [3.05, 3.63) is 35.9 Å². The Morgan fingerprint density at radius 1 is 1.45 bits per heavy atom. The third-order valence-corrected chi connectivity index (χ3v) is 3.40. The lowest BCUT2D eigenvalue weighted by atomic mass is 10.2. The second-order valence-electron chi connectivity index (χ2n) is 4.27. The van der Waals surface area contributed by atoms with Gasteiger partial charge in [-0.2, -0.15) is 4.37 Å². The Bertz CT molecular complexity index is 557. The molecule has 1 unspecified atom stereocenters. The molecule has 0 saturated carbocycles. The molecule has 1 atom stereocenters. The summed E-state index contributed by atoms with van der Waals surface area (Å²) in [7, 11) is 0. The molecule has 20 heavy (non-hydrogen) atoms. The second kappa shape index (κ2) is 6.95. The first-order chi connectivity index (χ1) is 9.69. The summed E-state index contributed by atoms with van der Waals surface area (Å²) in [4.78, 5) is 20.3. The van der Waals surface area contributed by atoms with Gasteiger partial charge in [-0.3, -0.25) is 9.78 Å². The number of hydrogen-bond acceptors (Lipinski definition) is 6. The molecule has 2 rings (SSSR count). The van der Waals surface area contributed by atoms with E-state index in [9.17, 15) is 4.79 Å². The van der Waals surface area contributed by atoms with Gasteiger partial charge in [0.25, 0.3) is 0 Å². The van der Waals surface area contributed by atoms with Crippen LogP contribution < -0.4 is 10.6 Å². The van der Waals surface area contributed by atoms with E-state index in [0.29, 0.717) is 5.13 Å². The zero-order valence-electron chi connectivity index (χ0n) is 11.5. The number of carbonyl (C=O) groups is 1. The van der Waals surface area contributed by atoms with Crippen LogP contribution in [-0.2, 0) is 11.2 Å². The van der Waals surface area contributed by atoms with Crippen molar-refractivity contribution in [3.8, 4) is 0 Å². The summed E-state index contributed by atoms with van der Waals surface area (Å²) in [6.45, 7) is 4.07. The van der Waals surface area contributed by atoms with Crippen molar-refractivity contribution in [1.29, 1.82) is 0 Å². The highest BCUT2D eigenvalue weighted by Crippen LogP contribution is 2.11. The molecule has 0 fully saturated rings. The molecule has 2 N–H and O–H groups in total. The zero-order valence-corrected chi connectivity index (χ0v) is 12.3. The van der Waals surface area contributed by atoms with Gasteiger partial charge >= 0.3 is 0 Å². The maximum Gasteiger partial charge on any atom is 0.239 e. The Morgan fingerprint density at radius 2 is 2.30 bits per heavy atom. The van der Waals surface area contributed by atoms with Crippen LogP contribution in [0.4, 0.5) is 5.13 Å². The van der Waals surface area contributed by atoms with Crippen LogP contribution in [0.5, 0.6) is 0 Å². The third kappa shape index (κ3) is 3.99. The van der Waals surface area contributed by atoms with E-state index in [1.807, 2.05) is 32.0 Å². The highest BCUT2D eigenvalue weighted by Gasteiger charge is 2.10. The van der Waals surface area contributed by atoms with Crippen LogP contribution in [0.15, 0.2) is 24.4 Å². The monoisotopic (exact) mass is 291 g/mol. The van der Waals surface area contributed by atoms with Crippen molar-refractivity contribution < 1.29 is 4.79 Å². The molecule has 2 aromatic rings. The molecular formula is C13H17N5OS. The molecule has 0 aliphatic carbocycles. The number of pyridine rings is 1. The van der Waals surface area contributed by atoms with Crippen LogP contribution in [-0.4, -0.2) is 26.8 Å². The molecule has 0 aliphatic heterocycles. The van der Waals surface area contributed by atoms with Gasteiger partial charge in [0.2, 0.25) is 11.0 Å². The van der Waals surface area contributed by atoms with Gasteiger partial charge in [-0.15, -0.1) is 0 Å². The molecule has 0 aliphatic rings. The largest absolute Gasteiger partial charge is 0.351 e. The number of nitrogens with zero attached hydrogens (tertiary/aromatic N) is 3. The van der Waals surface area contributed by atoms with E-state index in [1.54, 1.807) is 6.20 Å². The van der Waals surface area contributed by atoms with E-state index in [1.165, 1.54) is 11.5 Å². The van der Waals surface area contributed by atoms with Crippen LogP contribution in [0.2, 0.25) is 0 Å². The normalized spacial score (nSPS) is 11.9. The van der Waals surface area contributed by atoms with Crippen molar-refractivity contribution in [2.45, 2.75) is 26.3 Å². The molecule has 6 nitrogen and oxygen atoms in total. The minimum absolute atomic E-state index is 0.101. The third-order valence-electron chi connectivity index (χ3n) is 2.69. The summed E-state index contributed by atoms with van der Waals surface area (Å²) in [5.41, 5.74) is 0.838. The number of amides is 1. The molecule has 0 radical (unpaired) electrons. The van der Waals surface area contributed by atoms with Gasteiger partial charge in [-0.1, -0.05) is 13.0 Å². The molecule has 106 valence electrons. The van der Waals surface area contributed by atoms with Crippen molar-refractivity contribution in [2.75, 3.05) is 11.9 Å².